The van der Waals surface area contributed by atoms with Gasteiger partial charge in [-0.2, -0.15) is 0 Å². The van der Waals surface area contributed by atoms with Gasteiger partial charge in [0.15, 0.2) is 0 Å². The number of anilines is 1. The lowest BCUT2D eigenvalue weighted by Crippen LogP contribution is -2.50. The van der Waals surface area contributed by atoms with E-state index >= 15 is 0 Å². The second-order valence-electron chi connectivity index (χ2n) is 6.98. The van der Waals surface area contributed by atoms with E-state index in [-0.39, 0.29) is 18.4 Å². The summed E-state index contributed by atoms with van der Waals surface area (Å²) < 4.78 is 5.15. The average molecular weight is 437 g/mol. The van der Waals surface area contributed by atoms with Crippen molar-refractivity contribution in [3.8, 4) is 0 Å². The van der Waals surface area contributed by atoms with Gasteiger partial charge in [-0.3, -0.25) is 14.5 Å². The summed E-state index contributed by atoms with van der Waals surface area (Å²) >= 11 is 7.65. The molecule has 2 heterocycles. The first-order chi connectivity index (χ1) is 13.9. The molecule has 1 N–H and O–H groups in total. The molecule has 9 heteroatoms. The Morgan fingerprint density at radius 2 is 1.93 bits per heavy atom. The molecule has 1 aliphatic heterocycles. The number of nitrogens with zero attached hydrogens (tertiary/aromatic N) is 3. The third-order valence-corrected chi connectivity index (χ3v) is 6.17. The number of para-hydroxylation sites is 1. The molecule has 1 aliphatic rings. The fraction of sp³-hybridized carbons (Fsp3) is 0.450. The maximum absolute atomic E-state index is 12.5. The number of hydrogen-bond donors (Lipinski definition) is 1. The first-order valence-corrected chi connectivity index (χ1v) is 11.0. The fourth-order valence-electron chi connectivity index (χ4n) is 3.15. The molecule has 0 unspecified atom stereocenters. The van der Waals surface area contributed by atoms with Crippen molar-refractivity contribution in [3.05, 3.63) is 46.3 Å². The van der Waals surface area contributed by atoms with Crippen LogP contribution in [-0.4, -0.2) is 65.2 Å². The zero-order valence-corrected chi connectivity index (χ0v) is 18.2. The number of aromatic nitrogens is 1. The van der Waals surface area contributed by atoms with Crippen LogP contribution in [0.1, 0.15) is 17.0 Å². The predicted octanol–water partition coefficient (Wildman–Crippen LogP) is 2.96. The Labute approximate surface area is 179 Å². The van der Waals surface area contributed by atoms with E-state index in [4.69, 9.17) is 16.1 Å². The summed E-state index contributed by atoms with van der Waals surface area (Å²) in [6, 6.07) is 7.17. The van der Waals surface area contributed by atoms with Gasteiger partial charge in [0.2, 0.25) is 11.8 Å². The van der Waals surface area contributed by atoms with Crippen LogP contribution >= 0.6 is 23.4 Å². The molecule has 0 bridgehead atoms. The lowest BCUT2D eigenvalue weighted by molar-refractivity contribution is -0.130. The van der Waals surface area contributed by atoms with Gasteiger partial charge in [-0.25, -0.2) is 0 Å². The van der Waals surface area contributed by atoms with Crippen LogP contribution in [0.4, 0.5) is 5.69 Å². The van der Waals surface area contributed by atoms with E-state index in [0.29, 0.717) is 42.6 Å². The molecule has 156 valence electrons. The third kappa shape index (κ3) is 5.98. The van der Waals surface area contributed by atoms with Gasteiger partial charge in [0.25, 0.3) is 0 Å². The third-order valence-electron chi connectivity index (χ3n) is 4.89. The summed E-state index contributed by atoms with van der Waals surface area (Å²) in [5, 5.41) is 7.29. The summed E-state index contributed by atoms with van der Waals surface area (Å²) in [5.41, 5.74) is 2.56. The molecule has 0 saturated carbocycles. The number of piperazine rings is 1. The number of amides is 2. The highest BCUT2D eigenvalue weighted by Crippen LogP contribution is 2.21. The van der Waals surface area contributed by atoms with Crippen molar-refractivity contribution in [2.45, 2.75) is 19.6 Å². The number of benzene rings is 1. The van der Waals surface area contributed by atoms with Crippen LogP contribution in [0.15, 0.2) is 28.8 Å². The van der Waals surface area contributed by atoms with Gasteiger partial charge in [-0.05, 0) is 26.0 Å². The van der Waals surface area contributed by atoms with Gasteiger partial charge in [0.05, 0.1) is 28.7 Å². The highest BCUT2D eigenvalue weighted by Gasteiger charge is 2.22. The van der Waals surface area contributed by atoms with E-state index in [1.54, 1.807) is 23.9 Å². The molecule has 2 aromatic rings. The standard InChI is InChI=1S/C20H25ClN4O3S/c1-14-16(15(2)28-23-14)12-29-13-20(27)25-9-7-24(8-10-25)11-19(26)22-18-6-4-3-5-17(18)21/h3-6H,7-13H2,1-2H3,(H,22,26). The Morgan fingerprint density at radius 3 is 2.59 bits per heavy atom. The summed E-state index contributed by atoms with van der Waals surface area (Å²) in [7, 11) is 0. The molecule has 1 aromatic carbocycles. The lowest BCUT2D eigenvalue weighted by atomic mass is 10.2. The number of rotatable bonds is 7. The maximum atomic E-state index is 12.5. The quantitative estimate of drug-likeness (QED) is 0.718. The molecule has 2 amide bonds. The SMILES string of the molecule is Cc1noc(C)c1CSCC(=O)N1CCN(CC(=O)Nc2ccccc2Cl)CC1. The van der Waals surface area contributed by atoms with Crippen LogP contribution in [0.3, 0.4) is 0 Å². The van der Waals surface area contributed by atoms with Gasteiger partial charge in [-0.1, -0.05) is 28.9 Å². The summed E-state index contributed by atoms with van der Waals surface area (Å²) in [6.45, 7) is 6.70. The molecule has 1 fully saturated rings. The number of aryl methyl sites for hydroxylation is 2. The Hall–Kier alpha value is -2.03. The molecule has 1 saturated heterocycles. The van der Waals surface area contributed by atoms with Crippen LogP contribution in [0.5, 0.6) is 0 Å². The van der Waals surface area contributed by atoms with E-state index in [1.807, 2.05) is 35.8 Å². The van der Waals surface area contributed by atoms with Crippen molar-refractivity contribution < 1.29 is 14.1 Å². The van der Waals surface area contributed by atoms with Gasteiger partial charge < -0.3 is 14.7 Å². The first-order valence-electron chi connectivity index (χ1n) is 9.48. The number of carbonyl (C=O) groups excluding carboxylic acids is 2. The van der Waals surface area contributed by atoms with E-state index < -0.39 is 0 Å². The largest absolute Gasteiger partial charge is 0.361 e. The van der Waals surface area contributed by atoms with Crippen molar-refractivity contribution in [1.82, 2.24) is 15.0 Å². The van der Waals surface area contributed by atoms with Gasteiger partial charge in [-0.15, -0.1) is 11.8 Å². The van der Waals surface area contributed by atoms with Gasteiger partial charge in [0.1, 0.15) is 5.76 Å². The number of hydrogen-bond acceptors (Lipinski definition) is 6. The van der Waals surface area contributed by atoms with Crippen molar-refractivity contribution in [2.75, 3.05) is 43.8 Å². The molecule has 0 atom stereocenters. The van der Waals surface area contributed by atoms with Crippen LogP contribution in [0, 0.1) is 13.8 Å². The molecular formula is C20H25ClN4O3S. The lowest BCUT2D eigenvalue weighted by Gasteiger charge is -2.34. The zero-order chi connectivity index (χ0) is 20.8. The fourth-order valence-corrected chi connectivity index (χ4v) is 4.41. The number of halogens is 1. The van der Waals surface area contributed by atoms with Crippen molar-refractivity contribution in [2.24, 2.45) is 0 Å². The second kappa shape index (κ2) is 10.1. The topological polar surface area (TPSA) is 78.7 Å². The van der Waals surface area contributed by atoms with Gasteiger partial charge in [0, 0.05) is 37.5 Å². The Kier molecular flexibility index (Phi) is 7.57. The Morgan fingerprint density at radius 1 is 1.21 bits per heavy atom. The normalized spacial score (nSPS) is 14.8. The van der Waals surface area contributed by atoms with E-state index in [9.17, 15) is 9.59 Å². The molecule has 0 spiro atoms. The minimum absolute atomic E-state index is 0.104. The summed E-state index contributed by atoms with van der Waals surface area (Å²) in [4.78, 5) is 28.6. The van der Waals surface area contributed by atoms with Crippen LogP contribution in [0.2, 0.25) is 5.02 Å². The summed E-state index contributed by atoms with van der Waals surface area (Å²) in [6.07, 6.45) is 0. The molecule has 0 radical (unpaired) electrons. The number of nitrogens with one attached hydrogen (secondary N) is 1. The highest BCUT2D eigenvalue weighted by atomic mass is 35.5. The minimum atomic E-state index is -0.104. The Balaban J connectivity index is 1.38. The molecule has 3 rings (SSSR count). The average Bonchev–Trinajstić information content (AvgIpc) is 3.02. The van der Waals surface area contributed by atoms with E-state index in [1.165, 1.54) is 0 Å². The molecule has 1 aromatic heterocycles. The molecule has 7 nitrogen and oxygen atoms in total. The van der Waals surface area contributed by atoms with E-state index in [0.717, 1.165) is 22.8 Å². The second-order valence-corrected chi connectivity index (χ2v) is 8.37. The van der Waals surface area contributed by atoms with Crippen LogP contribution in [0.25, 0.3) is 0 Å². The minimum Gasteiger partial charge on any atom is -0.361 e. The smallest absolute Gasteiger partial charge is 0.238 e. The van der Waals surface area contributed by atoms with Gasteiger partial charge >= 0.3 is 0 Å². The zero-order valence-electron chi connectivity index (χ0n) is 16.6. The van der Waals surface area contributed by atoms with E-state index in [2.05, 4.69) is 10.5 Å². The van der Waals surface area contributed by atoms with Crippen LogP contribution in [-0.2, 0) is 15.3 Å². The predicted molar refractivity (Wildman–Crippen MR) is 115 cm³/mol. The van der Waals surface area contributed by atoms with Crippen molar-refractivity contribution in [3.63, 3.8) is 0 Å². The molecule has 29 heavy (non-hydrogen) atoms. The number of carbonyl (C=O) groups is 2. The first kappa shape index (κ1) is 21.7. The van der Waals surface area contributed by atoms with Crippen LogP contribution < -0.4 is 5.32 Å². The highest BCUT2D eigenvalue weighted by molar-refractivity contribution is 7.99. The maximum Gasteiger partial charge on any atom is 0.238 e. The molecule has 0 aliphatic carbocycles. The van der Waals surface area contributed by atoms with Crippen molar-refractivity contribution >= 4 is 40.9 Å². The number of thioether (sulfide) groups is 1. The Bertz CT molecular complexity index is 846. The summed E-state index contributed by atoms with van der Waals surface area (Å²) in [5.74, 6) is 1.98. The molecular weight excluding hydrogens is 412 g/mol. The van der Waals surface area contributed by atoms with Crippen molar-refractivity contribution in [1.29, 1.82) is 0 Å². The monoisotopic (exact) mass is 436 g/mol.